The van der Waals surface area contributed by atoms with Gasteiger partial charge in [-0.05, 0) is 32.1 Å². The lowest BCUT2D eigenvalue weighted by molar-refractivity contribution is 0.0653. The number of nitrogens with two attached hydrogens (primary N) is 1. The summed E-state index contributed by atoms with van der Waals surface area (Å²) >= 11 is 0. The normalized spacial score (nSPS) is 17.6. The predicted octanol–water partition coefficient (Wildman–Crippen LogP) is 2.83. The van der Waals surface area contributed by atoms with Crippen LogP contribution in [0.1, 0.15) is 37.0 Å². The van der Waals surface area contributed by atoms with E-state index in [9.17, 15) is 4.79 Å². The van der Waals surface area contributed by atoms with E-state index >= 15 is 0 Å². The molecule has 0 bridgehead atoms. The van der Waals surface area contributed by atoms with Crippen molar-refractivity contribution < 1.29 is 4.79 Å². The second-order valence-corrected chi connectivity index (χ2v) is 5.98. The summed E-state index contributed by atoms with van der Waals surface area (Å²) in [5.41, 5.74) is 6.46. The summed E-state index contributed by atoms with van der Waals surface area (Å²) < 4.78 is 0. The first-order valence-corrected chi connectivity index (χ1v) is 6.96. The molecule has 1 aliphatic heterocycles. The average molecular weight is 269 g/mol. The molecule has 2 N–H and O–H groups in total. The summed E-state index contributed by atoms with van der Waals surface area (Å²) in [6.07, 6.45) is 3.70. The third-order valence-electron chi connectivity index (χ3n) is 4.20. The summed E-state index contributed by atoms with van der Waals surface area (Å²) in [7, 11) is 0. The van der Waals surface area contributed by atoms with Gasteiger partial charge >= 0.3 is 0 Å². The number of aromatic nitrogens is 1. The van der Waals surface area contributed by atoms with Crippen LogP contribution in [0.15, 0.2) is 30.5 Å². The molecular weight excluding hydrogens is 250 g/mol. The Bertz CT molecular complexity index is 678. The van der Waals surface area contributed by atoms with Crippen LogP contribution in [-0.2, 0) is 0 Å². The molecule has 1 fully saturated rings. The molecule has 2 aromatic rings. The van der Waals surface area contributed by atoms with Crippen molar-refractivity contribution in [3.8, 4) is 0 Å². The molecule has 104 valence electrons. The molecule has 1 saturated heterocycles. The van der Waals surface area contributed by atoms with E-state index in [0.29, 0.717) is 11.4 Å². The Hall–Kier alpha value is -2.10. The fourth-order valence-corrected chi connectivity index (χ4v) is 3.01. The molecule has 0 spiro atoms. The number of hydrogen-bond donors (Lipinski definition) is 1. The summed E-state index contributed by atoms with van der Waals surface area (Å²) in [4.78, 5) is 19.0. The maximum atomic E-state index is 12.8. The fraction of sp³-hybridized carbons (Fsp3) is 0.375. The minimum atomic E-state index is -0.0838. The van der Waals surface area contributed by atoms with Crippen LogP contribution in [0.25, 0.3) is 10.8 Å². The molecule has 1 amide bonds. The zero-order valence-corrected chi connectivity index (χ0v) is 11.9. The van der Waals surface area contributed by atoms with Crippen molar-refractivity contribution in [2.75, 3.05) is 12.3 Å². The Balaban J connectivity index is 2.11. The number of benzene rings is 1. The highest BCUT2D eigenvalue weighted by Gasteiger charge is 2.36. The van der Waals surface area contributed by atoms with Gasteiger partial charge in [0.1, 0.15) is 5.82 Å². The Morgan fingerprint density at radius 2 is 2.00 bits per heavy atom. The van der Waals surface area contributed by atoms with Gasteiger partial charge in [0.2, 0.25) is 0 Å². The van der Waals surface area contributed by atoms with Crippen molar-refractivity contribution in [1.82, 2.24) is 9.88 Å². The molecule has 0 atom stereocenters. The van der Waals surface area contributed by atoms with Gasteiger partial charge in [-0.25, -0.2) is 4.98 Å². The van der Waals surface area contributed by atoms with Crippen LogP contribution in [0.4, 0.5) is 5.82 Å². The van der Waals surface area contributed by atoms with Gasteiger partial charge in [-0.1, -0.05) is 24.3 Å². The lowest BCUT2D eigenvalue weighted by Gasteiger charge is -2.32. The number of carbonyl (C=O) groups is 1. The summed E-state index contributed by atoms with van der Waals surface area (Å²) in [6, 6.07) is 7.68. The zero-order chi connectivity index (χ0) is 14.3. The van der Waals surface area contributed by atoms with Crippen molar-refractivity contribution >= 4 is 22.5 Å². The Morgan fingerprint density at radius 3 is 2.65 bits per heavy atom. The predicted molar refractivity (Wildman–Crippen MR) is 80.5 cm³/mol. The van der Waals surface area contributed by atoms with Gasteiger partial charge in [0.05, 0.1) is 5.56 Å². The first-order valence-electron chi connectivity index (χ1n) is 6.96. The van der Waals surface area contributed by atoms with Crippen LogP contribution in [0, 0.1) is 0 Å². The van der Waals surface area contributed by atoms with Crippen LogP contribution in [0.5, 0.6) is 0 Å². The molecule has 0 unspecified atom stereocenters. The van der Waals surface area contributed by atoms with E-state index < -0.39 is 0 Å². The maximum absolute atomic E-state index is 12.8. The first-order chi connectivity index (χ1) is 9.50. The van der Waals surface area contributed by atoms with Gasteiger partial charge in [0, 0.05) is 23.7 Å². The van der Waals surface area contributed by atoms with Crippen molar-refractivity contribution in [3.63, 3.8) is 0 Å². The molecule has 1 aromatic carbocycles. The van der Waals surface area contributed by atoms with E-state index in [0.717, 1.165) is 30.2 Å². The number of fused-ring (bicyclic) bond motifs is 1. The highest BCUT2D eigenvalue weighted by Crippen LogP contribution is 2.31. The highest BCUT2D eigenvalue weighted by atomic mass is 16.2. The number of amides is 1. The number of carbonyl (C=O) groups excluding carboxylic acids is 1. The highest BCUT2D eigenvalue weighted by molar-refractivity contribution is 6.09. The Kier molecular flexibility index (Phi) is 2.89. The van der Waals surface area contributed by atoms with Crippen LogP contribution >= 0.6 is 0 Å². The minimum Gasteiger partial charge on any atom is -0.383 e. The van der Waals surface area contributed by atoms with Crippen LogP contribution in [-0.4, -0.2) is 27.9 Å². The van der Waals surface area contributed by atoms with Crippen LogP contribution in [0.2, 0.25) is 0 Å². The van der Waals surface area contributed by atoms with Crippen LogP contribution < -0.4 is 5.73 Å². The number of rotatable bonds is 1. The van der Waals surface area contributed by atoms with Crippen molar-refractivity contribution in [1.29, 1.82) is 0 Å². The van der Waals surface area contributed by atoms with Crippen molar-refractivity contribution in [2.45, 2.75) is 32.2 Å². The first kappa shape index (κ1) is 12.9. The van der Waals surface area contributed by atoms with Crippen molar-refractivity contribution in [3.05, 3.63) is 36.0 Å². The molecule has 3 rings (SSSR count). The standard InChI is InChI=1S/C16H19N3O/c1-16(2)8-5-9-19(16)15(20)13-10-18-14(17)12-7-4-3-6-11(12)13/h3-4,6-7,10H,5,8-9H2,1-2H3,(H2,17,18). The van der Waals surface area contributed by atoms with Gasteiger partial charge in [0.15, 0.2) is 0 Å². The molecule has 1 aliphatic rings. The Morgan fingerprint density at radius 1 is 1.30 bits per heavy atom. The number of nitrogens with zero attached hydrogens (tertiary/aromatic N) is 2. The largest absolute Gasteiger partial charge is 0.383 e. The SMILES string of the molecule is CC1(C)CCCN1C(=O)c1cnc(N)c2ccccc12. The topological polar surface area (TPSA) is 59.2 Å². The smallest absolute Gasteiger partial charge is 0.256 e. The third-order valence-corrected chi connectivity index (χ3v) is 4.20. The molecule has 1 aromatic heterocycles. The van der Waals surface area contributed by atoms with E-state index in [1.807, 2.05) is 29.2 Å². The quantitative estimate of drug-likeness (QED) is 0.866. The minimum absolute atomic E-state index is 0.0520. The molecule has 4 heteroatoms. The monoisotopic (exact) mass is 269 g/mol. The van der Waals surface area contributed by atoms with E-state index in [2.05, 4.69) is 18.8 Å². The number of nitrogen functional groups attached to an aromatic ring is 1. The molecule has 0 aliphatic carbocycles. The number of likely N-dealkylation sites (tertiary alicyclic amines) is 1. The van der Waals surface area contributed by atoms with E-state index in [1.54, 1.807) is 6.20 Å². The van der Waals surface area contributed by atoms with E-state index in [1.165, 1.54) is 0 Å². The number of anilines is 1. The number of hydrogen-bond acceptors (Lipinski definition) is 3. The summed E-state index contributed by atoms with van der Waals surface area (Å²) in [5, 5.41) is 1.73. The lowest BCUT2D eigenvalue weighted by atomic mass is 10.0. The summed E-state index contributed by atoms with van der Waals surface area (Å²) in [6.45, 7) is 5.04. The van der Waals surface area contributed by atoms with Crippen molar-refractivity contribution in [2.24, 2.45) is 0 Å². The molecule has 2 heterocycles. The van der Waals surface area contributed by atoms with Gasteiger partial charge in [-0.15, -0.1) is 0 Å². The van der Waals surface area contributed by atoms with Crippen LogP contribution in [0.3, 0.4) is 0 Å². The molecule has 20 heavy (non-hydrogen) atoms. The second-order valence-electron chi connectivity index (χ2n) is 5.98. The van der Waals surface area contributed by atoms with E-state index in [-0.39, 0.29) is 11.4 Å². The molecule has 4 nitrogen and oxygen atoms in total. The lowest BCUT2D eigenvalue weighted by Crippen LogP contribution is -2.42. The maximum Gasteiger partial charge on any atom is 0.256 e. The summed E-state index contributed by atoms with van der Waals surface area (Å²) in [5.74, 6) is 0.522. The Labute approximate surface area is 118 Å². The van der Waals surface area contributed by atoms with Gasteiger partial charge in [-0.2, -0.15) is 0 Å². The number of pyridine rings is 1. The molecule has 0 radical (unpaired) electrons. The van der Waals surface area contributed by atoms with E-state index in [4.69, 9.17) is 5.73 Å². The second kappa shape index (κ2) is 4.47. The van der Waals surface area contributed by atoms with Gasteiger partial charge in [-0.3, -0.25) is 4.79 Å². The third kappa shape index (κ3) is 1.92. The average Bonchev–Trinajstić information content (AvgIpc) is 2.78. The van der Waals surface area contributed by atoms with Gasteiger partial charge in [0.25, 0.3) is 5.91 Å². The van der Waals surface area contributed by atoms with Gasteiger partial charge < -0.3 is 10.6 Å². The molecule has 0 saturated carbocycles. The zero-order valence-electron chi connectivity index (χ0n) is 11.9. The fourth-order valence-electron chi connectivity index (χ4n) is 3.01. The molecular formula is C16H19N3O.